The van der Waals surface area contributed by atoms with Crippen LogP contribution in [0.25, 0.3) is 10.8 Å². The molecule has 0 bridgehead atoms. The van der Waals surface area contributed by atoms with Crippen LogP contribution in [0.1, 0.15) is 25.7 Å². The lowest BCUT2D eigenvalue weighted by atomic mass is 10.2. The Balaban J connectivity index is 1.67. The zero-order valence-electron chi connectivity index (χ0n) is 11.0. The van der Waals surface area contributed by atoms with E-state index in [9.17, 15) is 0 Å². The minimum atomic E-state index is 0.589. The summed E-state index contributed by atoms with van der Waals surface area (Å²) in [6, 6.07) is 4.57. The fourth-order valence-corrected chi connectivity index (χ4v) is 3.45. The van der Waals surface area contributed by atoms with Crippen molar-refractivity contribution in [1.29, 1.82) is 0 Å². The molecular formula is C13H16BrN3OS. The van der Waals surface area contributed by atoms with Crippen LogP contribution in [-0.2, 0) is 6.54 Å². The van der Waals surface area contributed by atoms with Crippen LogP contribution in [0.3, 0.4) is 0 Å². The summed E-state index contributed by atoms with van der Waals surface area (Å²) < 4.78 is 6.80. The van der Waals surface area contributed by atoms with Gasteiger partial charge in [-0.25, -0.2) is 0 Å². The van der Waals surface area contributed by atoms with Crippen LogP contribution in [0.4, 0.5) is 0 Å². The van der Waals surface area contributed by atoms with Crippen molar-refractivity contribution in [3.63, 3.8) is 0 Å². The molecule has 0 amide bonds. The highest BCUT2D eigenvalue weighted by molar-refractivity contribution is 9.11. The molecule has 0 N–H and O–H groups in total. The van der Waals surface area contributed by atoms with Crippen molar-refractivity contribution in [2.24, 2.45) is 5.92 Å². The van der Waals surface area contributed by atoms with E-state index in [4.69, 9.17) is 4.42 Å². The first-order valence-corrected chi connectivity index (χ1v) is 8.03. The van der Waals surface area contributed by atoms with E-state index in [1.54, 1.807) is 11.3 Å². The second-order valence-electron chi connectivity index (χ2n) is 5.10. The Morgan fingerprint density at radius 3 is 2.89 bits per heavy atom. The maximum atomic E-state index is 5.73. The van der Waals surface area contributed by atoms with E-state index in [-0.39, 0.29) is 0 Å². The molecule has 0 aromatic carbocycles. The number of aromatic nitrogens is 2. The third kappa shape index (κ3) is 3.07. The molecule has 1 aliphatic carbocycles. The van der Waals surface area contributed by atoms with E-state index in [1.807, 2.05) is 12.1 Å². The second kappa shape index (κ2) is 5.34. The van der Waals surface area contributed by atoms with Crippen molar-refractivity contribution >= 4 is 27.3 Å². The third-order valence-corrected chi connectivity index (χ3v) is 5.25. The lowest BCUT2D eigenvalue weighted by Gasteiger charge is -2.22. The molecule has 2 aromatic rings. The molecule has 0 aliphatic heterocycles. The summed E-state index contributed by atoms with van der Waals surface area (Å²) in [7, 11) is 2.12. The van der Waals surface area contributed by atoms with Gasteiger partial charge in [0.2, 0.25) is 5.89 Å². The fraction of sp³-hybridized carbons (Fsp3) is 0.538. The molecule has 2 aromatic heterocycles. The number of halogens is 1. The van der Waals surface area contributed by atoms with Crippen LogP contribution in [0.5, 0.6) is 0 Å². The number of thiophene rings is 1. The van der Waals surface area contributed by atoms with Crippen molar-refractivity contribution in [2.75, 3.05) is 7.05 Å². The number of hydrogen-bond acceptors (Lipinski definition) is 5. The molecule has 1 aliphatic rings. The Morgan fingerprint density at radius 1 is 1.47 bits per heavy atom. The Labute approximate surface area is 125 Å². The van der Waals surface area contributed by atoms with Gasteiger partial charge in [0.1, 0.15) is 0 Å². The van der Waals surface area contributed by atoms with Crippen LogP contribution in [-0.4, -0.2) is 28.2 Å². The van der Waals surface area contributed by atoms with Crippen LogP contribution in [0, 0.1) is 5.92 Å². The Kier molecular flexibility index (Phi) is 3.73. The summed E-state index contributed by atoms with van der Waals surface area (Å²) in [5.74, 6) is 2.15. The molecule has 0 saturated heterocycles. The summed E-state index contributed by atoms with van der Waals surface area (Å²) in [4.78, 5) is 3.29. The lowest BCUT2D eigenvalue weighted by molar-refractivity contribution is 0.206. The third-order valence-electron chi connectivity index (χ3n) is 3.63. The number of nitrogens with zero attached hydrogens (tertiary/aromatic N) is 3. The molecule has 3 rings (SSSR count). The van der Waals surface area contributed by atoms with Gasteiger partial charge in [0.25, 0.3) is 5.89 Å². The standard InChI is InChI=1S/C13H16BrN3OS/c1-8(9-3-4-9)17(2)7-12-15-16-13(18-12)10-5-6-11(14)19-10/h5-6,8-9H,3-4,7H2,1-2H3. The summed E-state index contributed by atoms with van der Waals surface area (Å²) in [6.07, 6.45) is 2.70. The molecule has 1 saturated carbocycles. The first-order chi connectivity index (χ1) is 9.13. The van der Waals surface area contributed by atoms with Crippen LogP contribution >= 0.6 is 27.3 Å². The topological polar surface area (TPSA) is 42.2 Å². The average Bonchev–Trinajstić information content (AvgIpc) is 2.99. The fourth-order valence-electron chi connectivity index (χ4n) is 2.14. The summed E-state index contributed by atoms with van der Waals surface area (Å²) in [5, 5.41) is 8.26. The minimum absolute atomic E-state index is 0.589. The molecule has 102 valence electrons. The van der Waals surface area contributed by atoms with Gasteiger partial charge >= 0.3 is 0 Å². The van der Waals surface area contributed by atoms with Gasteiger partial charge in [-0.2, -0.15) is 0 Å². The van der Waals surface area contributed by atoms with E-state index < -0.39 is 0 Å². The molecule has 1 unspecified atom stereocenters. The van der Waals surface area contributed by atoms with E-state index >= 15 is 0 Å². The molecule has 4 nitrogen and oxygen atoms in total. The van der Waals surface area contributed by atoms with Crippen LogP contribution in [0.2, 0.25) is 0 Å². The lowest BCUT2D eigenvalue weighted by Crippen LogP contribution is -2.30. The number of rotatable bonds is 5. The molecular weight excluding hydrogens is 326 g/mol. The van der Waals surface area contributed by atoms with Gasteiger partial charge in [0.05, 0.1) is 15.2 Å². The SMILES string of the molecule is CC(C1CC1)N(C)Cc1nnc(-c2ccc(Br)s2)o1. The first-order valence-electron chi connectivity index (χ1n) is 6.42. The predicted octanol–water partition coefficient (Wildman–Crippen LogP) is 3.79. The van der Waals surface area contributed by atoms with Crippen molar-refractivity contribution in [3.05, 3.63) is 21.8 Å². The zero-order valence-corrected chi connectivity index (χ0v) is 13.4. The molecule has 0 spiro atoms. The molecule has 19 heavy (non-hydrogen) atoms. The monoisotopic (exact) mass is 341 g/mol. The van der Waals surface area contributed by atoms with Crippen molar-refractivity contribution < 1.29 is 4.42 Å². The quantitative estimate of drug-likeness (QED) is 0.829. The van der Waals surface area contributed by atoms with Gasteiger partial charge in [0, 0.05) is 6.04 Å². The van der Waals surface area contributed by atoms with Gasteiger partial charge in [0.15, 0.2) is 0 Å². The maximum absolute atomic E-state index is 5.73. The van der Waals surface area contributed by atoms with E-state index in [2.05, 4.69) is 45.0 Å². The number of hydrogen-bond donors (Lipinski definition) is 0. The van der Waals surface area contributed by atoms with Gasteiger partial charge < -0.3 is 4.42 Å². The highest BCUT2D eigenvalue weighted by atomic mass is 79.9. The highest BCUT2D eigenvalue weighted by Gasteiger charge is 2.30. The summed E-state index contributed by atoms with van der Waals surface area (Å²) >= 11 is 5.04. The molecule has 2 heterocycles. The first kappa shape index (κ1) is 13.3. The molecule has 6 heteroatoms. The highest BCUT2D eigenvalue weighted by Crippen LogP contribution is 2.35. The van der Waals surface area contributed by atoms with Crippen LogP contribution < -0.4 is 0 Å². The van der Waals surface area contributed by atoms with Crippen molar-refractivity contribution in [3.8, 4) is 10.8 Å². The summed E-state index contributed by atoms with van der Waals surface area (Å²) in [5.41, 5.74) is 0. The van der Waals surface area contributed by atoms with Crippen molar-refractivity contribution in [2.45, 2.75) is 32.4 Å². The van der Waals surface area contributed by atoms with Gasteiger partial charge in [-0.1, -0.05) is 0 Å². The predicted molar refractivity (Wildman–Crippen MR) is 79.0 cm³/mol. The Hall–Kier alpha value is -0.720. The van der Waals surface area contributed by atoms with E-state index in [0.717, 1.165) is 21.1 Å². The van der Waals surface area contributed by atoms with Gasteiger partial charge in [-0.05, 0) is 60.8 Å². The molecule has 1 atom stereocenters. The average molecular weight is 342 g/mol. The molecule has 0 radical (unpaired) electrons. The van der Waals surface area contributed by atoms with E-state index in [0.29, 0.717) is 17.8 Å². The van der Waals surface area contributed by atoms with Crippen molar-refractivity contribution in [1.82, 2.24) is 15.1 Å². The maximum Gasteiger partial charge on any atom is 0.257 e. The minimum Gasteiger partial charge on any atom is -0.419 e. The Morgan fingerprint density at radius 2 is 2.26 bits per heavy atom. The van der Waals surface area contributed by atoms with Crippen LogP contribution in [0.15, 0.2) is 20.3 Å². The van der Waals surface area contributed by atoms with E-state index in [1.165, 1.54) is 12.8 Å². The summed E-state index contributed by atoms with van der Waals surface area (Å²) in [6.45, 7) is 2.99. The normalized spacial score (nSPS) is 17.1. The van der Waals surface area contributed by atoms with Gasteiger partial charge in [-0.3, -0.25) is 4.90 Å². The molecule has 1 fully saturated rings. The largest absolute Gasteiger partial charge is 0.419 e. The van der Waals surface area contributed by atoms with Gasteiger partial charge in [-0.15, -0.1) is 21.5 Å². The Bertz CT molecular complexity index is 564. The second-order valence-corrected chi connectivity index (χ2v) is 7.56. The smallest absolute Gasteiger partial charge is 0.257 e. The zero-order chi connectivity index (χ0) is 13.4.